The highest BCUT2D eigenvalue weighted by molar-refractivity contribution is 5.27. The highest BCUT2D eigenvalue weighted by Crippen LogP contribution is 2.21. The van der Waals surface area contributed by atoms with Crippen molar-refractivity contribution in [3.8, 4) is 5.75 Å². The van der Waals surface area contributed by atoms with Crippen molar-refractivity contribution < 1.29 is 9.84 Å². The number of aryl methyl sites for hydroxylation is 1. The number of piperidine rings is 1. The summed E-state index contributed by atoms with van der Waals surface area (Å²) in [6, 6.07) is 8.23. The van der Waals surface area contributed by atoms with Gasteiger partial charge in [-0.05, 0) is 42.4 Å². The number of aliphatic hydroxyl groups is 1. The van der Waals surface area contributed by atoms with Gasteiger partial charge in [0.25, 0.3) is 0 Å². The van der Waals surface area contributed by atoms with Crippen LogP contribution in [0.3, 0.4) is 0 Å². The molecule has 0 aromatic heterocycles. The number of rotatable bonds is 7. The summed E-state index contributed by atoms with van der Waals surface area (Å²) in [5, 5.41) is 10.2. The third kappa shape index (κ3) is 5.62. The van der Waals surface area contributed by atoms with E-state index in [1.54, 1.807) is 0 Å². The number of β-amino-alcohol motifs (C(OH)–C–C–N with tert-alkyl or cyclic N) is 1. The van der Waals surface area contributed by atoms with Crippen molar-refractivity contribution in [2.24, 2.45) is 11.8 Å². The van der Waals surface area contributed by atoms with Crippen LogP contribution < -0.4 is 4.74 Å². The fourth-order valence-electron chi connectivity index (χ4n) is 3.53. The molecule has 2 rings (SSSR count). The first-order chi connectivity index (χ1) is 10.6. The highest BCUT2D eigenvalue weighted by atomic mass is 16.5. The van der Waals surface area contributed by atoms with Gasteiger partial charge in [-0.15, -0.1) is 0 Å². The average molecular weight is 305 g/mol. The summed E-state index contributed by atoms with van der Waals surface area (Å²) < 4.78 is 5.72. The van der Waals surface area contributed by atoms with Crippen LogP contribution in [0.4, 0.5) is 0 Å². The average Bonchev–Trinajstić information content (AvgIpc) is 2.46. The van der Waals surface area contributed by atoms with E-state index in [0.29, 0.717) is 13.2 Å². The molecule has 1 heterocycles. The van der Waals surface area contributed by atoms with Crippen LogP contribution in [0.25, 0.3) is 0 Å². The maximum Gasteiger partial charge on any atom is 0.119 e. The lowest BCUT2D eigenvalue weighted by Gasteiger charge is -2.35. The number of hydrogen-bond donors (Lipinski definition) is 1. The maximum atomic E-state index is 10.2. The summed E-state index contributed by atoms with van der Waals surface area (Å²) >= 11 is 0. The van der Waals surface area contributed by atoms with Crippen molar-refractivity contribution in [3.05, 3.63) is 29.8 Å². The molecule has 3 heteroatoms. The van der Waals surface area contributed by atoms with E-state index in [4.69, 9.17) is 4.74 Å². The molecule has 1 aromatic rings. The van der Waals surface area contributed by atoms with Crippen molar-refractivity contribution in [3.63, 3.8) is 0 Å². The second-order valence-corrected chi connectivity index (χ2v) is 7.02. The molecule has 0 spiro atoms. The van der Waals surface area contributed by atoms with Crippen LogP contribution in [-0.4, -0.2) is 42.4 Å². The Morgan fingerprint density at radius 3 is 2.41 bits per heavy atom. The molecule has 0 saturated carbocycles. The van der Waals surface area contributed by atoms with Gasteiger partial charge in [-0.1, -0.05) is 39.3 Å². The lowest BCUT2D eigenvalue weighted by Crippen LogP contribution is -2.43. The quantitative estimate of drug-likeness (QED) is 0.838. The predicted octanol–water partition coefficient (Wildman–Crippen LogP) is 3.36. The third-order valence-corrected chi connectivity index (χ3v) is 4.32. The van der Waals surface area contributed by atoms with Crippen molar-refractivity contribution in [2.75, 3.05) is 26.2 Å². The summed E-state index contributed by atoms with van der Waals surface area (Å²) in [5.41, 5.74) is 1.34. The van der Waals surface area contributed by atoms with E-state index in [1.807, 2.05) is 12.1 Å². The predicted molar refractivity (Wildman–Crippen MR) is 91.3 cm³/mol. The normalized spacial score (nSPS) is 24.2. The van der Waals surface area contributed by atoms with Crippen molar-refractivity contribution in [1.29, 1.82) is 0 Å². The first-order valence-corrected chi connectivity index (χ1v) is 8.69. The van der Waals surface area contributed by atoms with Crippen LogP contribution in [0, 0.1) is 11.8 Å². The maximum absolute atomic E-state index is 10.2. The van der Waals surface area contributed by atoms with E-state index in [0.717, 1.165) is 43.5 Å². The highest BCUT2D eigenvalue weighted by Gasteiger charge is 2.23. The number of benzene rings is 1. The molecule has 1 N–H and O–H groups in total. The van der Waals surface area contributed by atoms with E-state index in [-0.39, 0.29) is 0 Å². The van der Waals surface area contributed by atoms with Crippen LogP contribution in [0.2, 0.25) is 0 Å². The first-order valence-electron chi connectivity index (χ1n) is 8.69. The lowest BCUT2D eigenvalue weighted by molar-refractivity contribution is 0.0429. The number of likely N-dealkylation sites (tertiary alicyclic amines) is 1. The van der Waals surface area contributed by atoms with Gasteiger partial charge in [-0.2, -0.15) is 0 Å². The Morgan fingerprint density at radius 1 is 1.18 bits per heavy atom. The van der Waals surface area contributed by atoms with Gasteiger partial charge in [0.05, 0.1) is 0 Å². The zero-order valence-corrected chi connectivity index (χ0v) is 14.3. The van der Waals surface area contributed by atoms with Gasteiger partial charge >= 0.3 is 0 Å². The minimum atomic E-state index is -0.423. The van der Waals surface area contributed by atoms with Gasteiger partial charge in [-0.25, -0.2) is 0 Å². The monoisotopic (exact) mass is 305 g/mol. The second kappa shape index (κ2) is 8.54. The molecule has 3 atom stereocenters. The molecule has 1 aliphatic rings. The molecule has 0 amide bonds. The van der Waals surface area contributed by atoms with Gasteiger partial charge in [0.15, 0.2) is 0 Å². The Labute approximate surface area is 135 Å². The standard InChI is InChI=1S/C19H31NO2/c1-4-5-17-6-8-19(9-7-17)22-14-18(21)13-20-11-15(2)10-16(3)12-20/h6-9,15-16,18,21H,4-5,10-14H2,1-3H3. The summed E-state index contributed by atoms with van der Waals surface area (Å²) in [4.78, 5) is 2.37. The van der Waals surface area contributed by atoms with Crippen LogP contribution in [0.5, 0.6) is 5.75 Å². The third-order valence-electron chi connectivity index (χ3n) is 4.32. The Bertz CT molecular complexity index is 422. The molecule has 22 heavy (non-hydrogen) atoms. The zero-order valence-electron chi connectivity index (χ0n) is 14.3. The molecule has 0 bridgehead atoms. The number of nitrogens with zero attached hydrogens (tertiary/aromatic N) is 1. The van der Waals surface area contributed by atoms with Gasteiger partial charge in [0.1, 0.15) is 18.5 Å². The Balaban J connectivity index is 1.73. The summed E-state index contributed by atoms with van der Waals surface area (Å²) in [7, 11) is 0. The van der Waals surface area contributed by atoms with Crippen LogP contribution in [0.1, 0.15) is 39.2 Å². The largest absolute Gasteiger partial charge is 0.491 e. The molecule has 1 fully saturated rings. The fourth-order valence-corrected chi connectivity index (χ4v) is 3.53. The zero-order chi connectivity index (χ0) is 15.9. The minimum Gasteiger partial charge on any atom is -0.491 e. The van der Waals surface area contributed by atoms with Crippen molar-refractivity contribution in [1.82, 2.24) is 4.90 Å². The summed E-state index contributed by atoms with van der Waals surface area (Å²) in [5.74, 6) is 2.30. The van der Waals surface area contributed by atoms with E-state index >= 15 is 0 Å². The van der Waals surface area contributed by atoms with E-state index in [9.17, 15) is 5.11 Å². The van der Waals surface area contributed by atoms with E-state index < -0.39 is 6.10 Å². The number of hydrogen-bond acceptors (Lipinski definition) is 3. The molecule has 0 aliphatic carbocycles. The van der Waals surface area contributed by atoms with Crippen molar-refractivity contribution in [2.45, 2.75) is 46.1 Å². The van der Waals surface area contributed by atoms with Gasteiger partial charge in [0, 0.05) is 19.6 Å². The van der Waals surface area contributed by atoms with Gasteiger partial charge < -0.3 is 14.7 Å². The first kappa shape index (κ1) is 17.3. The molecule has 1 aliphatic heterocycles. The number of aliphatic hydroxyl groups excluding tert-OH is 1. The number of ether oxygens (including phenoxy) is 1. The fraction of sp³-hybridized carbons (Fsp3) is 0.684. The Morgan fingerprint density at radius 2 is 1.82 bits per heavy atom. The molecule has 124 valence electrons. The minimum absolute atomic E-state index is 0.367. The topological polar surface area (TPSA) is 32.7 Å². The molecule has 3 unspecified atom stereocenters. The molecule has 1 aromatic carbocycles. The Kier molecular flexibility index (Phi) is 6.71. The van der Waals surface area contributed by atoms with Crippen LogP contribution in [-0.2, 0) is 6.42 Å². The second-order valence-electron chi connectivity index (χ2n) is 7.02. The SMILES string of the molecule is CCCc1ccc(OCC(O)CN2CC(C)CC(C)C2)cc1. The van der Waals surface area contributed by atoms with E-state index in [2.05, 4.69) is 37.8 Å². The summed E-state index contributed by atoms with van der Waals surface area (Å²) in [6.07, 6.45) is 3.14. The van der Waals surface area contributed by atoms with Crippen LogP contribution >= 0.6 is 0 Å². The van der Waals surface area contributed by atoms with Crippen molar-refractivity contribution >= 4 is 0 Å². The molecule has 1 saturated heterocycles. The van der Waals surface area contributed by atoms with Gasteiger partial charge in [-0.3, -0.25) is 0 Å². The smallest absolute Gasteiger partial charge is 0.119 e. The molecular formula is C19H31NO2. The lowest BCUT2D eigenvalue weighted by atomic mass is 9.92. The Hall–Kier alpha value is -1.06. The summed E-state index contributed by atoms with van der Waals surface area (Å²) in [6.45, 7) is 10.0. The molecular weight excluding hydrogens is 274 g/mol. The van der Waals surface area contributed by atoms with Gasteiger partial charge in [0.2, 0.25) is 0 Å². The molecule has 3 nitrogen and oxygen atoms in total. The van der Waals surface area contributed by atoms with E-state index in [1.165, 1.54) is 12.0 Å². The van der Waals surface area contributed by atoms with Crippen LogP contribution in [0.15, 0.2) is 24.3 Å². The molecule has 0 radical (unpaired) electrons.